The normalized spacial score (nSPS) is 11.5. The molecule has 2 rings (SSSR count). The summed E-state index contributed by atoms with van der Waals surface area (Å²) >= 11 is 0. The Balaban J connectivity index is 2.44. The average Bonchev–Trinajstić information content (AvgIpc) is 2.46. The van der Waals surface area contributed by atoms with Crippen molar-refractivity contribution in [1.82, 2.24) is 4.90 Å². The lowest BCUT2D eigenvalue weighted by molar-refractivity contribution is -0.136. The Kier molecular flexibility index (Phi) is 4.63. The number of hydrogen-bond donors (Lipinski definition) is 0. The fourth-order valence-electron chi connectivity index (χ4n) is 2.09. The summed E-state index contributed by atoms with van der Waals surface area (Å²) in [6.07, 6.45) is -5.32. The number of nitrogens with zero attached hydrogens (tertiary/aromatic N) is 1. The van der Waals surface area contributed by atoms with Crippen LogP contribution < -0.4 is 10.4 Å². The molecule has 124 valence electrons. The Hall–Kier alpha value is -2.51. The molecule has 5 nitrogen and oxygen atoms in total. The van der Waals surface area contributed by atoms with Crippen LogP contribution in [0.15, 0.2) is 33.5 Å². The highest BCUT2D eigenvalue weighted by atomic mass is 19.4. The lowest BCUT2D eigenvalue weighted by atomic mass is 10.1. The van der Waals surface area contributed by atoms with Crippen molar-refractivity contribution in [1.29, 1.82) is 0 Å². The van der Waals surface area contributed by atoms with Crippen LogP contribution >= 0.6 is 0 Å². The van der Waals surface area contributed by atoms with Gasteiger partial charge >= 0.3 is 17.9 Å². The van der Waals surface area contributed by atoms with Crippen molar-refractivity contribution < 1.29 is 27.1 Å². The average molecular weight is 329 g/mol. The van der Waals surface area contributed by atoms with E-state index in [2.05, 4.69) is 0 Å². The van der Waals surface area contributed by atoms with E-state index in [1.54, 1.807) is 13.8 Å². The summed E-state index contributed by atoms with van der Waals surface area (Å²) in [7, 11) is 0. The molecule has 0 atom stereocenters. The van der Waals surface area contributed by atoms with Gasteiger partial charge in [0.05, 0.1) is 5.56 Å². The highest BCUT2D eigenvalue weighted by Crippen LogP contribution is 2.34. The highest BCUT2D eigenvalue weighted by molar-refractivity contribution is 5.83. The first kappa shape index (κ1) is 16.9. The van der Waals surface area contributed by atoms with E-state index >= 15 is 0 Å². The summed E-state index contributed by atoms with van der Waals surface area (Å²) in [5, 5.41) is -0.278. The zero-order valence-electron chi connectivity index (χ0n) is 12.4. The fourth-order valence-corrected chi connectivity index (χ4v) is 2.09. The van der Waals surface area contributed by atoms with Crippen LogP contribution in [0.1, 0.15) is 19.4 Å². The van der Waals surface area contributed by atoms with Crippen molar-refractivity contribution in [3.8, 4) is 5.75 Å². The zero-order valence-corrected chi connectivity index (χ0v) is 12.4. The third-order valence-corrected chi connectivity index (χ3v) is 3.25. The number of fused-ring (bicyclic) bond motifs is 1. The molecular formula is C15H14F3NO4. The largest absolute Gasteiger partial charge is 0.423 e. The predicted molar refractivity (Wildman–Crippen MR) is 76.4 cm³/mol. The van der Waals surface area contributed by atoms with Gasteiger partial charge in [-0.15, -0.1) is 0 Å². The minimum absolute atomic E-state index is 0.00289. The SMILES string of the molecule is CCN(CC)C(=O)Oc1ccc2c(C(F)(F)F)cc(=O)oc2c1. The second kappa shape index (κ2) is 6.31. The van der Waals surface area contributed by atoms with Gasteiger partial charge in [-0.3, -0.25) is 0 Å². The summed E-state index contributed by atoms with van der Waals surface area (Å²) < 4.78 is 48.6. The van der Waals surface area contributed by atoms with Crippen molar-refractivity contribution in [2.75, 3.05) is 13.1 Å². The topological polar surface area (TPSA) is 59.8 Å². The summed E-state index contributed by atoms with van der Waals surface area (Å²) in [6, 6.07) is 3.81. The number of carbonyl (C=O) groups is 1. The van der Waals surface area contributed by atoms with E-state index in [0.29, 0.717) is 19.2 Å². The Labute approximate surface area is 129 Å². The molecule has 1 aromatic carbocycles. The molecule has 0 saturated carbocycles. The van der Waals surface area contributed by atoms with Gasteiger partial charge in [0.2, 0.25) is 0 Å². The number of halogens is 3. The zero-order chi connectivity index (χ0) is 17.2. The lowest BCUT2D eigenvalue weighted by Gasteiger charge is -2.18. The number of ether oxygens (including phenoxy) is 1. The molecule has 1 aromatic heterocycles. The number of rotatable bonds is 3. The molecule has 1 amide bonds. The van der Waals surface area contributed by atoms with Crippen LogP contribution in [0.3, 0.4) is 0 Å². The van der Waals surface area contributed by atoms with E-state index in [1.807, 2.05) is 0 Å². The molecule has 8 heteroatoms. The van der Waals surface area contributed by atoms with Crippen LogP contribution in [-0.4, -0.2) is 24.1 Å². The minimum atomic E-state index is -4.69. The molecule has 0 N–H and O–H groups in total. The smallest absolute Gasteiger partial charge is 0.417 e. The summed E-state index contributed by atoms with van der Waals surface area (Å²) in [4.78, 5) is 24.5. The van der Waals surface area contributed by atoms with Gasteiger partial charge in [-0.2, -0.15) is 13.2 Å². The first-order chi connectivity index (χ1) is 10.8. The second-order valence-corrected chi connectivity index (χ2v) is 4.68. The van der Waals surface area contributed by atoms with Gasteiger partial charge in [0.15, 0.2) is 0 Å². The van der Waals surface area contributed by atoms with E-state index in [1.165, 1.54) is 11.0 Å². The lowest BCUT2D eigenvalue weighted by Crippen LogP contribution is -2.33. The number of carbonyl (C=O) groups excluding carboxylic acids is 1. The molecule has 2 aromatic rings. The third-order valence-electron chi connectivity index (χ3n) is 3.25. The number of amides is 1. The van der Waals surface area contributed by atoms with E-state index in [0.717, 1.165) is 12.1 Å². The van der Waals surface area contributed by atoms with Crippen LogP contribution in [0.4, 0.5) is 18.0 Å². The van der Waals surface area contributed by atoms with Crippen LogP contribution in [0.25, 0.3) is 11.0 Å². The minimum Gasteiger partial charge on any atom is -0.423 e. The van der Waals surface area contributed by atoms with Crippen LogP contribution in [0.5, 0.6) is 5.75 Å². The molecule has 0 saturated heterocycles. The van der Waals surface area contributed by atoms with Crippen molar-refractivity contribution in [2.24, 2.45) is 0 Å². The van der Waals surface area contributed by atoms with Crippen molar-refractivity contribution in [2.45, 2.75) is 20.0 Å². The molecule has 0 aliphatic rings. The molecular weight excluding hydrogens is 315 g/mol. The van der Waals surface area contributed by atoms with Crippen molar-refractivity contribution in [3.63, 3.8) is 0 Å². The van der Waals surface area contributed by atoms with Gasteiger partial charge in [0, 0.05) is 30.6 Å². The van der Waals surface area contributed by atoms with E-state index < -0.39 is 23.5 Å². The third kappa shape index (κ3) is 3.64. The van der Waals surface area contributed by atoms with E-state index in [-0.39, 0.29) is 16.7 Å². The first-order valence-electron chi connectivity index (χ1n) is 6.88. The summed E-state index contributed by atoms with van der Waals surface area (Å²) in [6.45, 7) is 4.38. The fraction of sp³-hybridized carbons (Fsp3) is 0.333. The summed E-state index contributed by atoms with van der Waals surface area (Å²) in [5.74, 6) is -0.00289. The predicted octanol–water partition coefficient (Wildman–Crippen LogP) is 3.65. The standard InChI is InChI=1S/C15H14F3NO4/c1-3-19(4-2)14(21)22-9-5-6-10-11(15(16,17)18)8-13(20)23-12(10)7-9/h5-8H,3-4H2,1-2H3. The molecule has 0 bridgehead atoms. The molecule has 0 fully saturated rings. The highest BCUT2D eigenvalue weighted by Gasteiger charge is 2.33. The van der Waals surface area contributed by atoms with Gasteiger partial charge in [-0.05, 0) is 26.0 Å². The Bertz CT molecular complexity index is 778. The van der Waals surface area contributed by atoms with Gasteiger partial charge in [0.1, 0.15) is 11.3 Å². The molecule has 0 spiro atoms. The maximum atomic E-state index is 12.9. The van der Waals surface area contributed by atoms with E-state index in [4.69, 9.17) is 9.15 Å². The maximum absolute atomic E-state index is 12.9. The van der Waals surface area contributed by atoms with Crippen LogP contribution in [0.2, 0.25) is 0 Å². The maximum Gasteiger partial charge on any atom is 0.417 e. The van der Waals surface area contributed by atoms with Gasteiger partial charge in [-0.25, -0.2) is 9.59 Å². The molecule has 0 unspecified atom stereocenters. The Morgan fingerprint density at radius 2 is 1.87 bits per heavy atom. The van der Waals surface area contributed by atoms with Crippen LogP contribution in [-0.2, 0) is 6.18 Å². The summed E-state index contributed by atoms with van der Waals surface area (Å²) in [5.41, 5.74) is -2.52. The Morgan fingerprint density at radius 1 is 1.22 bits per heavy atom. The van der Waals surface area contributed by atoms with Crippen LogP contribution in [0, 0.1) is 0 Å². The van der Waals surface area contributed by atoms with Gasteiger partial charge in [0.25, 0.3) is 0 Å². The monoisotopic (exact) mass is 329 g/mol. The molecule has 0 aliphatic carbocycles. The quantitative estimate of drug-likeness (QED) is 0.807. The van der Waals surface area contributed by atoms with Crippen molar-refractivity contribution >= 4 is 17.1 Å². The first-order valence-corrected chi connectivity index (χ1v) is 6.88. The molecule has 0 aliphatic heterocycles. The number of alkyl halides is 3. The van der Waals surface area contributed by atoms with Gasteiger partial charge in [-0.1, -0.05) is 0 Å². The van der Waals surface area contributed by atoms with Gasteiger partial charge < -0.3 is 14.1 Å². The molecule has 0 radical (unpaired) electrons. The van der Waals surface area contributed by atoms with Crippen molar-refractivity contribution in [3.05, 3.63) is 40.2 Å². The number of benzene rings is 1. The molecule has 1 heterocycles. The van der Waals surface area contributed by atoms with E-state index in [9.17, 15) is 22.8 Å². The molecule has 23 heavy (non-hydrogen) atoms. The Morgan fingerprint density at radius 3 is 2.43 bits per heavy atom. The number of hydrogen-bond acceptors (Lipinski definition) is 4. The second-order valence-electron chi connectivity index (χ2n) is 4.68.